The van der Waals surface area contributed by atoms with Crippen molar-refractivity contribution in [2.75, 3.05) is 7.11 Å². The van der Waals surface area contributed by atoms with E-state index in [9.17, 15) is 9.90 Å². The Morgan fingerprint density at radius 3 is 2.82 bits per heavy atom. The highest BCUT2D eigenvalue weighted by molar-refractivity contribution is 5.81. The SMILES string of the molecule is CCC(O)c1cc(=O)oc2cc(OC)ccc12. The van der Waals surface area contributed by atoms with Gasteiger partial charge in [0.25, 0.3) is 0 Å². The van der Waals surface area contributed by atoms with Gasteiger partial charge in [-0.2, -0.15) is 0 Å². The lowest BCUT2D eigenvalue weighted by molar-refractivity contribution is 0.174. The Morgan fingerprint density at radius 2 is 2.18 bits per heavy atom. The zero-order valence-electron chi connectivity index (χ0n) is 9.77. The van der Waals surface area contributed by atoms with E-state index in [0.29, 0.717) is 23.3 Å². The van der Waals surface area contributed by atoms with E-state index >= 15 is 0 Å². The van der Waals surface area contributed by atoms with Crippen LogP contribution in [0.3, 0.4) is 0 Å². The zero-order chi connectivity index (χ0) is 12.4. The van der Waals surface area contributed by atoms with Crippen LogP contribution in [0.4, 0.5) is 0 Å². The summed E-state index contributed by atoms with van der Waals surface area (Å²) in [7, 11) is 1.55. The summed E-state index contributed by atoms with van der Waals surface area (Å²) in [6.07, 6.45) is -0.111. The normalized spacial score (nSPS) is 12.6. The third-order valence-electron chi connectivity index (χ3n) is 2.73. The first kappa shape index (κ1) is 11.7. The molecule has 0 saturated heterocycles. The molecule has 1 N–H and O–H groups in total. The van der Waals surface area contributed by atoms with Gasteiger partial charge in [0.05, 0.1) is 13.2 Å². The number of rotatable bonds is 3. The number of methoxy groups -OCH3 is 1. The fourth-order valence-corrected chi connectivity index (χ4v) is 1.79. The summed E-state index contributed by atoms with van der Waals surface area (Å²) in [5, 5.41) is 10.6. The molecule has 0 bridgehead atoms. The highest BCUT2D eigenvalue weighted by atomic mass is 16.5. The standard InChI is InChI=1S/C13H14O4/c1-3-11(14)10-7-13(15)17-12-6-8(16-2)4-5-9(10)12/h4-7,11,14H,3H2,1-2H3. The smallest absolute Gasteiger partial charge is 0.336 e. The fourth-order valence-electron chi connectivity index (χ4n) is 1.79. The number of aliphatic hydroxyl groups excluding tert-OH is 1. The number of benzene rings is 1. The van der Waals surface area contributed by atoms with E-state index in [-0.39, 0.29) is 0 Å². The van der Waals surface area contributed by atoms with Gasteiger partial charge in [-0.15, -0.1) is 0 Å². The van der Waals surface area contributed by atoms with Gasteiger partial charge in [0, 0.05) is 17.5 Å². The molecule has 1 aromatic heterocycles. The van der Waals surface area contributed by atoms with E-state index in [1.54, 1.807) is 25.3 Å². The lowest BCUT2D eigenvalue weighted by atomic mass is 10.0. The Morgan fingerprint density at radius 1 is 1.41 bits per heavy atom. The van der Waals surface area contributed by atoms with E-state index in [1.807, 2.05) is 6.92 Å². The number of hydrogen-bond donors (Lipinski definition) is 1. The average molecular weight is 234 g/mol. The molecule has 2 aromatic rings. The van der Waals surface area contributed by atoms with Gasteiger partial charge < -0.3 is 14.3 Å². The average Bonchev–Trinajstić information content (AvgIpc) is 2.35. The molecule has 4 heteroatoms. The maximum atomic E-state index is 11.4. The predicted molar refractivity (Wildman–Crippen MR) is 64.3 cm³/mol. The van der Waals surface area contributed by atoms with Crippen molar-refractivity contribution in [3.63, 3.8) is 0 Å². The van der Waals surface area contributed by atoms with Crippen LogP contribution in [0.5, 0.6) is 5.75 Å². The quantitative estimate of drug-likeness (QED) is 0.827. The van der Waals surface area contributed by atoms with Gasteiger partial charge in [-0.1, -0.05) is 6.92 Å². The number of aliphatic hydroxyl groups is 1. The lowest BCUT2D eigenvalue weighted by Crippen LogP contribution is -2.04. The van der Waals surface area contributed by atoms with Crippen LogP contribution in [0.1, 0.15) is 25.0 Å². The molecule has 1 aromatic carbocycles. The molecule has 0 aliphatic rings. The first-order chi connectivity index (χ1) is 8.15. The summed E-state index contributed by atoms with van der Waals surface area (Å²) in [6, 6.07) is 6.53. The first-order valence-corrected chi connectivity index (χ1v) is 5.45. The van der Waals surface area contributed by atoms with Crippen molar-refractivity contribution < 1.29 is 14.3 Å². The first-order valence-electron chi connectivity index (χ1n) is 5.45. The van der Waals surface area contributed by atoms with Gasteiger partial charge in [0.15, 0.2) is 0 Å². The second-order valence-corrected chi connectivity index (χ2v) is 3.81. The molecule has 4 nitrogen and oxygen atoms in total. The highest BCUT2D eigenvalue weighted by Crippen LogP contribution is 2.27. The molecule has 0 spiro atoms. The fraction of sp³-hybridized carbons (Fsp3) is 0.308. The molecule has 1 atom stereocenters. The van der Waals surface area contributed by atoms with Crippen LogP contribution in [-0.4, -0.2) is 12.2 Å². The van der Waals surface area contributed by atoms with Crippen LogP contribution in [0.25, 0.3) is 11.0 Å². The molecule has 1 unspecified atom stereocenters. The van der Waals surface area contributed by atoms with Crippen molar-refractivity contribution >= 4 is 11.0 Å². The van der Waals surface area contributed by atoms with Crippen LogP contribution in [-0.2, 0) is 0 Å². The monoisotopic (exact) mass is 234 g/mol. The molecule has 90 valence electrons. The minimum absolute atomic E-state index is 0.430. The largest absolute Gasteiger partial charge is 0.497 e. The summed E-state index contributed by atoms with van der Waals surface area (Å²) >= 11 is 0. The molecule has 0 fully saturated rings. The van der Waals surface area contributed by atoms with Crippen LogP contribution in [0, 0.1) is 0 Å². The molecule has 17 heavy (non-hydrogen) atoms. The third-order valence-corrected chi connectivity index (χ3v) is 2.73. The van der Waals surface area contributed by atoms with Crippen molar-refractivity contribution in [3.05, 3.63) is 40.2 Å². The highest BCUT2D eigenvalue weighted by Gasteiger charge is 2.12. The van der Waals surface area contributed by atoms with Crippen molar-refractivity contribution in [1.29, 1.82) is 0 Å². The molecular formula is C13H14O4. The zero-order valence-corrected chi connectivity index (χ0v) is 9.77. The van der Waals surface area contributed by atoms with E-state index in [4.69, 9.17) is 9.15 Å². The van der Waals surface area contributed by atoms with Gasteiger partial charge >= 0.3 is 5.63 Å². The van der Waals surface area contributed by atoms with Gasteiger partial charge in [-0.05, 0) is 24.1 Å². The molecule has 0 aliphatic heterocycles. The molecule has 0 amide bonds. The summed E-state index contributed by atoms with van der Waals surface area (Å²) in [5.74, 6) is 0.615. The van der Waals surface area contributed by atoms with Gasteiger partial charge in [0.1, 0.15) is 11.3 Å². The summed E-state index contributed by atoms with van der Waals surface area (Å²) < 4.78 is 10.2. The second kappa shape index (κ2) is 4.59. The summed E-state index contributed by atoms with van der Waals surface area (Å²) in [6.45, 7) is 1.86. The van der Waals surface area contributed by atoms with E-state index < -0.39 is 11.7 Å². The van der Waals surface area contributed by atoms with Crippen LogP contribution in [0.15, 0.2) is 33.5 Å². The van der Waals surface area contributed by atoms with Crippen LogP contribution in [0.2, 0.25) is 0 Å². The van der Waals surface area contributed by atoms with Gasteiger partial charge in [-0.25, -0.2) is 4.79 Å². The predicted octanol–water partition coefficient (Wildman–Crippen LogP) is 2.25. The Balaban J connectivity index is 2.72. The topological polar surface area (TPSA) is 59.7 Å². The van der Waals surface area contributed by atoms with Crippen LogP contribution >= 0.6 is 0 Å². The summed E-state index contributed by atoms with van der Waals surface area (Å²) in [4.78, 5) is 11.4. The Kier molecular flexibility index (Phi) is 3.15. The lowest BCUT2D eigenvalue weighted by Gasteiger charge is -2.10. The third kappa shape index (κ3) is 2.17. The van der Waals surface area contributed by atoms with E-state index in [1.165, 1.54) is 6.07 Å². The van der Waals surface area contributed by atoms with E-state index in [2.05, 4.69) is 0 Å². The number of fused-ring (bicyclic) bond motifs is 1. The Labute approximate surface area is 98.4 Å². The summed E-state index contributed by atoms with van der Waals surface area (Å²) in [5.41, 5.74) is 0.564. The minimum atomic E-state index is -0.657. The molecule has 1 heterocycles. The van der Waals surface area contributed by atoms with Crippen molar-refractivity contribution in [3.8, 4) is 5.75 Å². The van der Waals surface area contributed by atoms with Crippen molar-refractivity contribution in [2.45, 2.75) is 19.4 Å². The number of ether oxygens (including phenoxy) is 1. The molecule has 2 rings (SSSR count). The molecule has 0 saturated carbocycles. The van der Waals surface area contributed by atoms with Crippen LogP contribution < -0.4 is 10.4 Å². The van der Waals surface area contributed by atoms with Gasteiger partial charge in [-0.3, -0.25) is 0 Å². The Hall–Kier alpha value is -1.81. The molecule has 0 radical (unpaired) electrons. The number of hydrogen-bond acceptors (Lipinski definition) is 4. The molecular weight excluding hydrogens is 220 g/mol. The Bertz CT molecular complexity index is 585. The second-order valence-electron chi connectivity index (χ2n) is 3.81. The maximum Gasteiger partial charge on any atom is 0.336 e. The maximum absolute atomic E-state index is 11.4. The van der Waals surface area contributed by atoms with Crippen molar-refractivity contribution in [1.82, 2.24) is 0 Å². The van der Waals surface area contributed by atoms with E-state index in [0.717, 1.165) is 5.39 Å². The van der Waals surface area contributed by atoms with Gasteiger partial charge in [0.2, 0.25) is 0 Å². The van der Waals surface area contributed by atoms with Crippen molar-refractivity contribution in [2.24, 2.45) is 0 Å². The minimum Gasteiger partial charge on any atom is -0.497 e. The molecule has 0 aliphatic carbocycles.